The van der Waals surface area contributed by atoms with Crippen molar-refractivity contribution in [1.29, 1.82) is 0 Å². The highest BCUT2D eigenvalue weighted by atomic mass is 16.3. The normalized spacial score (nSPS) is 12.7. The van der Waals surface area contributed by atoms with Gasteiger partial charge in [0.05, 0.1) is 5.69 Å². The molecule has 0 aliphatic carbocycles. The fraction of sp³-hybridized carbons (Fsp3) is 0.100. The topological polar surface area (TPSA) is 38.1 Å². The zero-order valence-electron chi connectivity index (χ0n) is 7.04. The number of nitrogens with zero attached hydrogens (tertiary/aromatic N) is 2. The molecule has 3 heteroatoms. The first-order valence-corrected chi connectivity index (χ1v) is 4.09. The van der Waals surface area contributed by atoms with Crippen LogP contribution in [-0.4, -0.2) is 14.7 Å². The molecule has 1 atom stereocenters. The van der Waals surface area contributed by atoms with E-state index < -0.39 is 6.23 Å². The minimum Gasteiger partial charge on any atom is -0.368 e. The van der Waals surface area contributed by atoms with Crippen LogP contribution in [-0.2, 0) is 0 Å². The lowest BCUT2D eigenvalue weighted by atomic mass is 10.3. The number of aromatic nitrogens is 2. The monoisotopic (exact) mass is 174 g/mol. The molecular formula is C10H10N2O. The van der Waals surface area contributed by atoms with Gasteiger partial charge in [-0.05, 0) is 24.3 Å². The van der Waals surface area contributed by atoms with Gasteiger partial charge in [0.15, 0.2) is 6.23 Å². The average molecular weight is 174 g/mol. The maximum absolute atomic E-state index is 9.78. The predicted molar refractivity (Wildman–Crippen MR) is 49.0 cm³/mol. The van der Waals surface area contributed by atoms with E-state index in [1.807, 2.05) is 24.3 Å². The molecule has 0 saturated heterocycles. The first kappa shape index (κ1) is 8.01. The lowest BCUT2D eigenvalue weighted by molar-refractivity contribution is 0.142. The van der Waals surface area contributed by atoms with Crippen molar-refractivity contribution in [1.82, 2.24) is 9.55 Å². The zero-order valence-corrected chi connectivity index (χ0v) is 7.04. The third-order valence-corrected chi connectivity index (χ3v) is 1.86. The molecule has 0 aromatic carbocycles. The lowest BCUT2D eigenvalue weighted by Crippen LogP contribution is -2.08. The molecule has 13 heavy (non-hydrogen) atoms. The predicted octanol–water partition coefficient (Wildman–Crippen LogP) is 1.42. The van der Waals surface area contributed by atoms with Crippen LogP contribution in [0.15, 0.2) is 48.9 Å². The van der Waals surface area contributed by atoms with E-state index in [1.165, 1.54) is 0 Å². The minimum atomic E-state index is -0.684. The first-order valence-electron chi connectivity index (χ1n) is 4.09. The molecule has 2 aromatic heterocycles. The summed E-state index contributed by atoms with van der Waals surface area (Å²) in [6.45, 7) is 0. The number of rotatable bonds is 2. The third-order valence-electron chi connectivity index (χ3n) is 1.86. The Hall–Kier alpha value is -1.61. The first-order chi connectivity index (χ1) is 6.38. The van der Waals surface area contributed by atoms with Crippen molar-refractivity contribution in [3.63, 3.8) is 0 Å². The maximum atomic E-state index is 9.78. The van der Waals surface area contributed by atoms with Crippen LogP contribution < -0.4 is 0 Å². The summed E-state index contributed by atoms with van der Waals surface area (Å²) in [5.41, 5.74) is 0.652. The van der Waals surface area contributed by atoms with Gasteiger partial charge >= 0.3 is 0 Å². The quantitative estimate of drug-likeness (QED) is 0.747. The molecule has 2 heterocycles. The molecule has 0 spiro atoms. The Morgan fingerprint density at radius 1 is 1.15 bits per heavy atom. The third kappa shape index (κ3) is 1.60. The standard InChI is InChI=1S/C10H10N2O/c13-10(12-7-3-4-8-12)9-5-1-2-6-11-9/h1-8,10,13H. The summed E-state index contributed by atoms with van der Waals surface area (Å²) in [7, 11) is 0. The highest BCUT2D eigenvalue weighted by Gasteiger charge is 2.07. The van der Waals surface area contributed by atoms with Gasteiger partial charge < -0.3 is 9.67 Å². The molecule has 0 aliphatic heterocycles. The Bertz CT molecular complexity index is 356. The Balaban J connectivity index is 2.29. The van der Waals surface area contributed by atoms with Crippen molar-refractivity contribution >= 4 is 0 Å². The summed E-state index contributed by atoms with van der Waals surface area (Å²) in [5, 5.41) is 9.78. The van der Waals surface area contributed by atoms with E-state index in [2.05, 4.69) is 4.98 Å². The van der Waals surface area contributed by atoms with Crippen molar-refractivity contribution in [3.05, 3.63) is 54.6 Å². The van der Waals surface area contributed by atoms with E-state index in [0.29, 0.717) is 5.69 Å². The summed E-state index contributed by atoms with van der Waals surface area (Å²) in [6, 6.07) is 9.21. The number of hydrogen-bond acceptors (Lipinski definition) is 2. The maximum Gasteiger partial charge on any atom is 0.173 e. The molecule has 0 amide bonds. The Morgan fingerprint density at radius 3 is 2.54 bits per heavy atom. The largest absolute Gasteiger partial charge is 0.368 e. The van der Waals surface area contributed by atoms with Crippen molar-refractivity contribution in [3.8, 4) is 0 Å². The van der Waals surface area contributed by atoms with E-state index in [4.69, 9.17) is 0 Å². The summed E-state index contributed by atoms with van der Waals surface area (Å²) in [5.74, 6) is 0. The van der Waals surface area contributed by atoms with Crippen LogP contribution in [0.5, 0.6) is 0 Å². The highest BCUT2D eigenvalue weighted by molar-refractivity contribution is 5.08. The van der Waals surface area contributed by atoms with Crippen LogP contribution in [0, 0.1) is 0 Å². The Labute approximate surface area is 76.3 Å². The molecule has 0 saturated carbocycles. The molecule has 66 valence electrons. The van der Waals surface area contributed by atoms with E-state index >= 15 is 0 Å². The van der Waals surface area contributed by atoms with Gasteiger partial charge in [0.25, 0.3) is 0 Å². The molecule has 1 N–H and O–H groups in total. The number of aliphatic hydroxyl groups is 1. The van der Waals surface area contributed by atoms with Crippen LogP contribution >= 0.6 is 0 Å². The molecule has 0 bridgehead atoms. The van der Waals surface area contributed by atoms with E-state index in [-0.39, 0.29) is 0 Å². The van der Waals surface area contributed by atoms with Crippen LogP contribution in [0.4, 0.5) is 0 Å². The fourth-order valence-electron chi connectivity index (χ4n) is 1.19. The van der Waals surface area contributed by atoms with Gasteiger partial charge in [-0.15, -0.1) is 0 Å². The minimum absolute atomic E-state index is 0.652. The van der Waals surface area contributed by atoms with Crippen LogP contribution in [0.25, 0.3) is 0 Å². The fourth-order valence-corrected chi connectivity index (χ4v) is 1.19. The van der Waals surface area contributed by atoms with E-state index in [0.717, 1.165) is 0 Å². The second-order valence-corrected chi connectivity index (χ2v) is 2.76. The molecule has 2 rings (SSSR count). The SMILES string of the molecule is OC(c1ccccn1)n1cccc1. The van der Waals surface area contributed by atoms with Crippen molar-refractivity contribution in [2.75, 3.05) is 0 Å². The van der Waals surface area contributed by atoms with Gasteiger partial charge in [-0.2, -0.15) is 0 Å². The van der Waals surface area contributed by atoms with Crippen LogP contribution in [0.1, 0.15) is 11.9 Å². The van der Waals surface area contributed by atoms with Gasteiger partial charge in [-0.1, -0.05) is 6.07 Å². The molecule has 0 radical (unpaired) electrons. The van der Waals surface area contributed by atoms with E-state index in [9.17, 15) is 5.11 Å². The lowest BCUT2D eigenvalue weighted by Gasteiger charge is -2.10. The summed E-state index contributed by atoms with van der Waals surface area (Å²) in [4.78, 5) is 4.06. The van der Waals surface area contributed by atoms with Gasteiger partial charge in [0.2, 0.25) is 0 Å². The van der Waals surface area contributed by atoms with Gasteiger partial charge in [-0.3, -0.25) is 4.98 Å². The number of aliphatic hydroxyl groups excluding tert-OH is 1. The molecule has 0 aliphatic rings. The molecule has 1 unspecified atom stereocenters. The summed E-state index contributed by atoms with van der Waals surface area (Å²) < 4.78 is 1.70. The smallest absolute Gasteiger partial charge is 0.173 e. The van der Waals surface area contributed by atoms with Gasteiger partial charge in [0.1, 0.15) is 0 Å². The van der Waals surface area contributed by atoms with Gasteiger partial charge in [0, 0.05) is 18.6 Å². The van der Waals surface area contributed by atoms with Crippen LogP contribution in [0.3, 0.4) is 0 Å². The second-order valence-electron chi connectivity index (χ2n) is 2.76. The second kappa shape index (κ2) is 3.41. The molecular weight excluding hydrogens is 164 g/mol. The number of hydrogen-bond donors (Lipinski definition) is 1. The average Bonchev–Trinajstić information content (AvgIpc) is 2.71. The number of pyridine rings is 1. The molecule has 0 fully saturated rings. The Morgan fingerprint density at radius 2 is 1.92 bits per heavy atom. The van der Waals surface area contributed by atoms with Crippen molar-refractivity contribution in [2.24, 2.45) is 0 Å². The Kier molecular flexibility index (Phi) is 2.10. The zero-order chi connectivity index (χ0) is 9.10. The van der Waals surface area contributed by atoms with Crippen molar-refractivity contribution < 1.29 is 5.11 Å². The van der Waals surface area contributed by atoms with Crippen LogP contribution in [0.2, 0.25) is 0 Å². The summed E-state index contributed by atoms with van der Waals surface area (Å²) >= 11 is 0. The van der Waals surface area contributed by atoms with Crippen molar-refractivity contribution in [2.45, 2.75) is 6.23 Å². The molecule has 3 nitrogen and oxygen atoms in total. The summed E-state index contributed by atoms with van der Waals surface area (Å²) in [6.07, 6.45) is 4.59. The van der Waals surface area contributed by atoms with E-state index in [1.54, 1.807) is 29.2 Å². The molecule has 2 aromatic rings. The van der Waals surface area contributed by atoms with Gasteiger partial charge in [-0.25, -0.2) is 0 Å². The highest BCUT2D eigenvalue weighted by Crippen LogP contribution is 2.11.